The minimum atomic E-state index is -0.389. The lowest BCUT2D eigenvalue weighted by atomic mass is 10.00. The average Bonchev–Trinajstić information content (AvgIpc) is 3.39. The Balaban J connectivity index is 1.39. The number of fused-ring (bicyclic) bond motifs is 1. The van der Waals surface area contributed by atoms with Gasteiger partial charge in [-0.15, -0.1) is 5.10 Å². The fourth-order valence-corrected chi connectivity index (χ4v) is 4.88. The number of hydrogen-bond donors (Lipinski definition) is 1. The van der Waals surface area contributed by atoms with Crippen LogP contribution in [0.15, 0.2) is 64.3 Å². The zero-order chi connectivity index (χ0) is 21.4. The largest absolute Gasteiger partial charge is 0.349 e. The molecule has 1 fully saturated rings. The molecular weight excluding hydrogens is 408 g/mol. The smallest absolute Gasteiger partial charge is 0.283 e. The van der Waals surface area contributed by atoms with Crippen LogP contribution in [0.5, 0.6) is 0 Å². The summed E-state index contributed by atoms with van der Waals surface area (Å²) in [7, 11) is 0. The van der Waals surface area contributed by atoms with Crippen molar-refractivity contribution in [1.29, 1.82) is 5.41 Å². The Labute approximate surface area is 185 Å². The molecule has 3 aliphatic rings. The van der Waals surface area contributed by atoms with Crippen LogP contribution in [-0.4, -0.2) is 49.6 Å². The second-order valence-corrected chi connectivity index (χ2v) is 9.05. The van der Waals surface area contributed by atoms with E-state index in [-0.39, 0.29) is 17.3 Å². The van der Waals surface area contributed by atoms with E-state index in [4.69, 9.17) is 5.41 Å². The first-order chi connectivity index (χ1) is 15.1. The molecule has 0 aliphatic carbocycles. The number of carbonyl (C=O) groups excluding carboxylic acids is 1. The molecule has 4 heterocycles. The number of carbonyl (C=O) groups is 1. The summed E-state index contributed by atoms with van der Waals surface area (Å²) in [6, 6.07) is 14.0. The first-order valence-electron chi connectivity index (χ1n) is 10.5. The van der Waals surface area contributed by atoms with Crippen LogP contribution in [0, 0.1) is 11.3 Å². The fraction of sp³-hybridized carbons (Fsp3) is 0.304. The first kappa shape index (κ1) is 19.8. The molecule has 1 N–H and O–H groups in total. The summed E-state index contributed by atoms with van der Waals surface area (Å²) in [4.78, 5) is 19.2. The highest BCUT2D eigenvalue weighted by Gasteiger charge is 2.37. The van der Waals surface area contributed by atoms with Gasteiger partial charge in [-0.2, -0.15) is 10.0 Å². The third kappa shape index (κ3) is 3.95. The second kappa shape index (κ2) is 8.19. The van der Waals surface area contributed by atoms with Gasteiger partial charge in [-0.05, 0) is 54.3 Å². The van der Waals surface area contributed by atoms with Gasteiger partial charge in [0, 0.05) is 31.5 Å². The molecule has 0 bridgehead atoms. The summed E-state index contributed by atoms with van der Waals surface area (Å²) < 4.78 is 2.06. The molecule has 5 rings (SSSR count). The number of nitrogens with one attached hydrogen (secondary N) is 1. The van der Waals surface area contributed by atoms with Crippen molar-refractivity contribution in [3.63, 3.8) is 0 Å². The van der Waals surface area contributed by atoms with Gasteiger partial charge < -0.3 is 9.47 Å². The van der Waals surface area contributed by atoms with Crippen molar-refractivity contribution in [2.45, 2.75) is 26.3 Å². The minimum absolute atomic E-state index is 0.0790. The average molecular weight is 433 g/mol. The quantitative estimate of drug-likeness (QED) is 0.748. The third-order valence-corrected chi connectivity index (χ3v) is 6.82. The van der Waals surface area contributed by atoms with E-state index in [9.17, 15) is 4.79 Å². The standard InChI is InChI=1S/C23H24N6OS/c1-16-9-12-27(13-10-16)23-26-29-20(24)19(21(30)25-22(29)31-23)14-18-8-5-11-28(18)15-17-6-3-2-4-7-17/h2-8,11,14,16,24H,9-10,12-13,15H2,1H3/b19-14-,24-20?. The maximum atomic E-state index is 12.8. The molecule has 1 amide bonds. The maximum Gasteiger partial charge on any atom is 0.283 e. The lowest BCUT2D eigenvalue weighted by Gasteiger charge is -2.30. The van der Waals surface area contributed by atoms with Crippen LogP contribution >= 0.6 is 11.8 Å². The summed E-state index contributed by atoms with van der Waals surface area (Å²) in [5.74, 6) is 0.417. The molecule has 0 saturated carbocycles. The van der Waals surface area contributed by atoms with Gasteiger partial charge in [-0.3, -0.25) is 10.2 Å². The van der Waals surface area contributed by atoms with E-state index in [2.05, 4.69) is 38.6 Å². The van der Waals surface area contributed by atoms with Crippen LogP contribution in [0.4, 0.5) is 0 Å². The summed E-state index contributed by atoms with van der Waals surface area (Å²) in [6.07, 6.45) is 5.98. The van der Waals surface area contributed by atoms with Crippen LogP contribution in [0.3, 0.4) is 0 Å². The van der Waals surface area contributed by atoms with Gasteiger partial charge in [0.25, 0.3) is 5.91 Å². The normalized spacial score (nSPS) is 20.9. The van der Waals surface area contributed by atoms with E-state index in [0.29, 0.717) is 11.7 Å². The number of nitrogens with zero attached hydrogens (tertiary/aromatic N) is 5. The number of amidine groups is 3. The molecule has 7 nitrogen and oxygen atoms in total. The topological polar surface area (TPSA) is 77.0 Å². The Bertz CT molecular complexity index is 1110. The molecular formula is C23H24N6OS. The lowest BCUT2D eigenvalue weighted by molar-refractivity contribution is -0.114. The number of hydrogen-bond acceptors (Lipinski definition) is 5. The van der Waals surface area contributed by atoms with E-state index < -0.39 is 0 Å². The van der Waals surface area contributed by atoms with Gasteiger partial charge in [0.1, 0.15) is 0 Å². The number of piperidine rings is 1. The molecule has 0 unspecified atom stereocenters. The van der Waals surface area contributed by atoms with Crippen LogP contribution in [0.1, 0.15) is 31.0 Å². The van der Waals surface area contributed by atoms with Gasteiger partial charge in [0.05, 0.1) is 5.57 Å². The zero-order valence-electron chi connectivity index (χ0n) is 17.4. The Morgan fingerprint density at radius 1 is 1.13 bits per heavy atom. The van der Waals surface area contributed by atoms with Gasteiger partial charge in [-0.25, -0.2) is 0 Å². The predicted molar refractivity (Wildman–Crippen MR) is 125 cm³/mol. The van der Waals surface area contributed by atoms with E-state index >= 15 is 0 Å². The van der Waals surface area contributed by atoms with Crippen molar-refractivity contribution >= 4 is 39.9 Å². The van der Waals surface area contributed by atoms with Gasteiger partial charge in [0.15, 0.2) is 11.0 Å². The van der Waals surface area contributed by atoms with Crippen molar-refractivity contribution in [3.8, 4) is 0 Å². The van der Waals surface area contributed by atoms with Crippen molar-refractivity contribution in [2.24, 2.45) is 16.0 Å². The molecule has 8 heteroatoms. The molecule has 2 aromatic rings. The van der Waals surface area contributed by atoms with Gasteiger partial charge >= 0.3 is 0 Å². The molecule has 31 heavy (non-hydrogen) atoms. The molecule has 3 aliphatic heterocycles. The summed E-state index contributed by atoms with van der Waals surface area (Å²) in [5.41, 5.74) is 2.29. The van der Waals surface area contributed by atoms with Crippen LogP contribution in [0.25, 0.3) is 6.08 Å². The number of amides is 1. The molecule has 1 saturated heterocycles. The Morgan fingerprint density at radius 3 is 2.68 bits per heavy atom. The number of thioether (sulfide) groups is 1. The summed E-state index contributed by atoms with van der Waals surface area (Å²) in [6.45, 7) is 4.86. The molecule has 158 valence electrons. The first-order valence-corrected chi connectivity index (χ1v) is 11.3. The lowest BCUT2D eigenvalue weighted by Crippen LogP contribution is -2.36. The van der Waals surface area contributed by atoms with Crippen LogP contribution in [-0.2, 0) is 11.3 Å². The van der Waals surface area contributed by atoms with Crippen LogP contribution in [0.2, 0.25) is 0 Å². The van der Waals surface area contributed by atoms with Gasteiger partial charge in [0.2, 0.25) is 5.17 Å². The minimum Gasteiger partial charge on any atom is -0.349 e. The summed E-state index contributed by atoms with van der Waals surface area (Å²) >= 11 is 1.38. The van der Waals surface area contributed by atoms with Gasteiger partial charge in [-0.1, -0.05) is 37.3 Å². The number of rotatable bonds is 3. The molecule has 0 spiro atoms. The Morgan fingerprint density at radius 2 is 1.90 bits per heavy atom. The van der Waals surface area contributed by atoms with E-state index in [1.54, 1.807) is 6.08 Å². The van der Waals surface area contributed by atoms with Crippen molar-refractivity contribution in [1.82, 2.24) is 14.5 Å². The molecule has 1 aromatic carbocycles. The number of aliphatic imine (C=N–C) groups is 1. The Kier molecular flexibility index (Phi) is 5.23. The monoisotopic (exact) mass is 432 g/mol. The van der Waals surface area contributed by atoms with E-state index in [1.807, 2.05) is 36.5 Å². The molecule has 0 atom stereocenters. The number of likely N-dealkylation sites (tertiary alicyclic amines) is 1. The third-order valence-electron chi connectivity index (χ3n) is 5.85. The molecule has 1 aromatic heterocycles. The Hall–Kier alpha value is -3.13. The number of hydrazone groups is 1. The number of benzene rings is 1. The highest BCUT2D eigenvalue weighted by molar-refractivity contribution is 8.26. The maximum absolute atomic E-state index is 12.8. The highest BCUT2D eigenvalue weighted by atomic mass is 32.2. The predicted octanol–water partition coefficient (Wildman–Crippen LogP) is 3.84. The summed E-state index contributed by atoms with van der Waals surface area (Å²) in [5, 5.41) is 16.1. The van der Waals surface area contributed by atoms with E-state index in [0.717, 1.165) is 42.7 Å². The zero-order valence-corrected chi connectivity index (χ0v) is 18.2. The van der Waals surface area contributed by atoms with E-state index in [1.165, 1.54) is 22.3 Å². The van der Waals surface area contributed by atoms with Crippen molar-refractivity contribution < 1.29 is 4.79 Å². The SMILES string of the molecule is CC1CCN(C2=NN3C(=N)/C(=C/c4cccn4Cc4ccccc4)C(=O)N=C3S2)CC1. The highest BCUT2D eigenvalue weighted by Crippen LogP contribution is 2.31. The van der Waals surface area contributed by atoms with Crippen LogP contribution < -0.4 is 0 Å². The van der Waals surface area contributed by atoms with Crippen molar-refractivity contribution in [3.05, 3.63) is 65.5 Å². The molecule has 0 radical (unpaired) electrons. The second-order valence-electron chi connectivity index (χ2n) is 8.12. The number of aromatic nitrogens is 1. The van der Waals surface area contributed by atoms with Crippen molar-refractivity contribution in [2.75, 3.05) is 13.1 Å². The fourth-order valence-electron chi connectivity index (χ4n) is 3.94.